The summed E-state index contributed by atoms with van der Waals surface area (Å²) in [7, 11) is 1.98. The molecular weight excluding hydrogens is 330 g/mol. The van der Waals surface area contributed by atoms with Crippen molar-refractivity contribution in [2.45, 2.75) is 19.9 Å². The summed E-state index contributed by atoms with van der Waals surface area (Å²) in [6.07, 6.45) is 0. The molecular formula is C14H15BrClNS. The highest BCUT2D eigenvalue weighted by atomic mass is 79.9. The molecule has 1 heterocycles. The molecule has 96 valence electrons. The largest absolute Gasteiger partial charge is 0.309 e. The fraction of sp³-hybridized carbons (Fsp3) is 0.286. The van der Waals surface area contributed by atoms with Crippen molar-refractivity contribution < 1.29 is 0 Å². The zero-order valence-corrected chi connectivity index (χ0v) is 13.7. The van der Waals surface area contributed by atoms with Crippen molar-refractivity contribution >= 4 is 38.9 Å². The predicted molar refractivity (Wildman–Crippen MR) is 83.8 cm³/mol. The fourth-order valence-corrected chi connectivity index (χ4v) is 3.88. The maximum atomic E-state index is 6.21. The van der Waals surface area contributed by atoms with Crippen LogP contribution < -0.4 is 5.32 Å². The average molecular weight is 345 g/mol. The SMILES string of the molecule is CNC(c1cc(Br)c(C)s1)c1cccc(Cl)c1C. The van der Waals surface area contributed by atoms with Gasteiger partial charge in [0.25, 0.3) is 0 Å². The van der Waals surface area contributed by atoms with E-state index in [9.17, 15) is 0 Å². The van der Waals surface area contributed by atoms with Crippen molar-refractivity contribution in [2.75, 3.05) is 7.05 Å². The van der Waals surface area contributed by atoms with Gasteiger partial charge in [-0.1, -0.05) is 23.7 Å². The lowest BCUT2D eigenvalue weighted by Gasteiger charge is -2.18. The second kappa shape index (κ2) is 5.74. The number of benzene rings is 1. The highest BCUT2D eigenvalue weighted by Gasteiger charge is 2.18. The summed E-state index contributed by atoms with van der Waals surface area (Å²) < 4.78 is 1.17. The van der Waals surface area contributed by atoms with E-state index < -0.39 is 0 Å². The Morgan fingerprint density at radius 2 is 2.06 bits per heavy atom. The van der Waals surface area contributed by atoms with E-state index in [1.165, 1.54) is 19.8 Å². The summed E-state index contributed by atoms with van der Waals surface area (Å²) in [5.74, 6) is 0. The lowest BCUT2D eigenvalue weighted by atomic mass is 10.00. The third-order valence-electron chi connectivity index (χ3n) is 3.07. The molecule has 4 heteroatoms. The van der Waals surface area contributed by atoms with Gasteiger partial charge in [0.15, 0.2) is 0 Å². The first-order valence-corrected chi connectivity index (χ1v) is 7.71. The van der Waals surface area contributed by atoms with Crippen LogP contribution in [0.15, 0.2) is 28.7 Å². The van der Waals surface area contributed by atoms with Crippen molar-refractivity contribution in [3.63, 3.8) is 0 Å². The first kappa shape index (κ1) is 14.1. The predicted octanol–water partition coefficient (Wildman–Crippen LogP) is 5.09. The average Bonchev–Trinajstić information content (AvgIpc) is 2.66. The third-order valence-corrected chi connectivity index (χ3v) is 5.68. The van der Waals surface area contributed by atoms with Crippen molar-refractivity contribution in [1.82, 2.24) is 5.32 Å². The molecule has 0 radical (unpaired) electrons. The van der Waals surface area contributed by atoms with Crippen molar-refractivity contribution in [3.8, 4) is 0 Å². The van der Waals surface area contributed by atoms with Crippen LogP contribution in [0.5, 0.6) is 0 Å². The molecule has 1 unspecified atom stereocenters. The van der Waals surface area contributed by atoms with E-state index in [0.29, 0.717) is 0 Å². The number of thiophene rings is 1. The summed E-state index contributed by atoms with van der Waals surface area (Å²) in [5, 5.41) is 4.19. The zero-order valence-electron chi connectivity index (χ0n) is 10.6. The Hall–Kier alpha value is -0.350. The number of halogens is 2. The monoisotopic (exact) mass is 343 g/mol. The van der Waals surface area contributed by atoms with Crippen LogP contribution >= 0.6 is 38.9 Å². The van der Waals surface area contributed by atoms with Crippen LogP contribution in [0.3, 0.4) is 0 Å². The van der Waals surface area contributed by atoms with Crippen LogP contribution in [0.1, 0.15) is 26.9 Å². The summed E-state index contributed by atoms with van der Waals surface area (Å²) in [6.45, 7) is 4.19. The molecule has 0 aliphatic heterocycles. The smallest absolute Gasteiger partial charge is 0.0672 e. The van der Waals surface area contributed by atoms with Crippen LogP contribution in [-0.4, -0.2) is 7.05 Å². The molecule has 0 aliphatic rings. The maximum Gasteiger partial charge on any atom is 0.0672 e. The van der Waals surface area contributed by atoms with E-state index in [2.05, 4.69) is 47.2 Å². The second-order valence-electron chi connectivity index (χ2n) is 4.23. The number of rotatable bonds is 3. The molecule has 0 spiro atoms. The van der Waals surface area contributed by atoms with E-state index in [1.807, 2.05) is 19.2 Å². The lowest BCUT2D eigenvalue weighted by molar-refractivity contribution is 0.699. The minimum atomic E-state index is 0.193. The first-order chi connectivity index (χ1) is 8.54. The van der Waals surface area contributed by atoms with Crippen LogP contribution in [-0.2, 0) is 0 Å². The standard InChI is InChI=1S/C14H15BrClNS/c1-8-10(5-4-6-12(8)16)14(17-3)13-7-11(15)9(2)18-13/h4-7,14,17H,1-3H3. The molecule has 2 rings (SSSR count). The van der Waals surface area contributed by atoms with Crippen LogP contribution in [0.2, 0.25) is 5.02 Å². The van der Waals surface area contributed by atoms with Gasteiger partial charge in [0.05, 0.1) is 6.04 Å². The Bertz CT molecular complexity index is 545. The Kier molecular flexibility index (Phi) is 4.49. The highest BCUT2D eigenvalue weighted by Crippen LogP contribution is 2.35. The van der Waals surface area contributed by atoms with Crippen LogP contribution in [0.25, 0.3) is 0 Å². The van der Waals surface area contributed by atoms with E-state index in [4.69, 9.17) is 11.6 Å². The van der Waals surface area contributed by atoms with Crippen molar-refractivity contribution in [3.05, 3.63) is 54.6 Å². The van der Waals surface area contributed by atoms with Gasteiger partial charge in [-0.3, -0.25) is 0 Å². The number of hydrogen-bond acceptors (Lipinski definition) is 2. The Morgan fingerprint density at radius 3 is 2.61 bits per heavy atom. The highest BCUT2D eigenvalue weighted by molar-refractivity contribution is 9.10. The molecule has 0 aliphatic carbocycles. The molecule has 2 aromatic rings. The van der Waals surface area contributed by atoms with Gasteiger partial charge in [-0.05, 0) is 60.1 Å². The normalized spacial score (nSPS) is 12.7. The van der Waals surface area contributed by atoms with Gasteiger partial charge in [0, 0.05) is 19.2 Å². The van der Waals surface area contributed by atoms with Crippen molar-refractivity contribution in [1.29, 1.82) is 0 Å². The second-order valence-corrected chi connectivity index (χ2v) is 6.78. The Morgan fingerprint density at radius 1 is 1.33 bits per heavy atom. The van der Waals surface area contributed by atoms with E-state index >= 15 is 0 Å². The van der Waals surface area contributed by atoms with Gasteiger partial charge in [-0.25, -0.2) is 0 Å². The van der Waals surface area contributed by atoms with Gasteiger partial charge in [0.1, 0.15) is 0 Å². The Balaban J connectivity index is 2.48. The molecule has 1 atom stereocenters. The number of nitrogens with one attached hydrogen (secondary N) is 1. The van der Waals surface area contributed by atoms with Crippen molar-refractivity contribution in [2.24, 2.45) is 0 Å². The summed E-state index contributed by atoms with van der Waals surface area (Å²) in [5.41, 5.74) is 2.37. The van der Waals surface area contributed by atoms with Gasteiger partial charge in [-0.2, -0.15) is 0 Å². The molecule has 0 saturated carbocycles. The molecule has 1 nitrogen and oxygen atoms in total. The molecule has 0 amide bonds. The summed E-state index contributed by atoms with van der Waals surface area (Å²) in [4.78, 5) is 2.59. The molecule has 1 N–H and O–H groups in total. The minimum absolute atomic E-state index is 0.193. The molecule has 1 aromatic heterocycles. The zero-order chi connectivity index (χ0) is 13.3. The van der Waals surface area contributed by atoms with Crippen LogP contribution in [0, 0.1) is 13.8 Å². The van der Waals surface area contributed by atoms with Crippen LogP contribution in [0.4, 0.5) is 0 Å². The summed E-state index contributed by atoms with van der Waals surface area (Å²) in [6, 6.07) is 8.44. The lowest BCUT2D eigenvalue weighted by Crippen LogP contribution is -2.17. The molecule has 0 saturated heterocycles. The molecule has 0 bridgehead atoms. The fourth-order valence-electron chi connectivity index (χ4n) is 2.01. The molecule has 1 aromatic carbocycles. The molecule has 18 heavy (non-hydrogen) atoms. The number of aryl methyl sites for hydroxylation is 1. The topological polar surface area (TPSA) is 12.0 Å². The van der Waals surface area contributed by atoms with Gasteiger partial charge in [0.2, 0.25) is 0 Å². The minimum Gasteiger partial charge on any atom is -0.309 e. The quantitative estimate of drug-likeness (QED) is 0.818. The molecule has 0 fully saturated rings. The van der Waals surface area contributed by atoms with Gasteiger partial charge >= 0.3 is 0 Å². The third kappa shape index (κ3) is 2.64. The first-order valence-electron chi connectivity index (χ1n) is 5.72. The summed E-state index contributed by atoms with van der Waals surface area (Å²) >= 11 is 11.6. The van der Waals surface area contributed by atoms with Gasteiger partial charge in [-0.15, -0.1) is 11.3 Å². The van der Waals surface area contributed by atoms with E-state index in [1.54, 1.807) is 11.3 Å². The Labute approximate surface area is 125 Å². The van der Waals surface area contributed by atoms with E-state index in [-0.39, 0.29) is 6.04 Å². The van der Waals surface area contributed by atoms with E-state index in [0.717, 1.165) is 10.6 Å². The maximum absolute atomic E-state index is 6.21. The number of hydrogen-bond donors (Lipinski definition) is 1. The van der Waals surface area contributed by atoms with Gasteiger partial charge < -0.3 is 5.32 Å².